The number of alkyl halides is 3. The van der Waals surface area contributed by atoms with Crippen molar-refractivity contribution in [2.24, 2.45) is 0 Å². The number of halogens is 4. The van der Waals surface area contributed by atoms with Gasteiger partial charge >= 0.3 is 6.18 Å². The zero-order chi connectivity index (χ0) is 18.2. The highest BCUT2D eigenvalue weighted by molar-refractivity contribution is 8.27. The van der Waals surface area contributed by atoms with Crippen molar-refractivity contribution in [3.05, 3.63) is 69.6 Å². The summed E-state index contributed by atoms with van der Waals surface area (Å²) in [7, 11) is 0. The van der Waals surface area contributed by atoms with Gasteiger partial charge in [0.15, 0.2) is 4.32 Å². The minimum absolute atomic E-state index is 0.0943. The smallest absolute Gasteiger partial charge is 0.268 e. The van der Waals surface area contributed by atoms with Gasteiger partial charge < -0.3 is 0 Å². The predicted octanol–water partition coefficient (Wildman–Crippen LogP) is 5.76. The minimum atomic E-state index is -4.49. The first-order chi connectivity index (χ1) is 11.8. The minimum Gasteiger partial charge on any atom is -0.268 e. The molecule has 0 radical (unpaired) electrons. The molecule has 0 unspecified atom stereocenters. The van der Waals surface area contributed by atoms with E-state index in [4.69, 9.17) is 23.8 Å². The summed E-state index contributed by atoms with van der Waals surface area (Å²) in [6.07, 6.45) is -2.86. The number of thiocarbonyl (C=S) groups is 1. The number of rotatable bonds is 2. The molecule has 1 fully saturated rings. The van der Waals surface area contributed by atoms with Gasteiger partial charge in [-0.25, -0.2) is 0 Å². The fraction of sp³-hybridized carbons (Fsp3) is 0.0588. The Hall–Kier alpha value is -1.83. The molecule has 1 aliphatic heterocycles. The summed E-state index contributed by atoms with van der Waals surface area (Å²) in [6, 6.07) is 11.4. The summed E-state index contributed by atoms with van der Waals surface area (Å²) < 4.78 is 38.8. The quantitative estimate of drug-likeness (QED) is 0.472. The number of amides is 1. The molecule has 0 aliphatic carbocycles. The second-order valence-electron chi connectivity index (χ2n) is 5.12. The van der Waals surface area contributed by atoms with E-state index < -0.39 is 17.6 Å². The SMILES string of the molecule is O=C1/C(=C/c2ccc(Cl)cc2)SC(=S)N1c1cccc(C(F)(F)F)c1. The number of carbonyl (C=O) groups is 1. The highest BCUT2D eigenvalue weighted by atomic mass is 35.5. The van der Waals surface area contributed by atoms with Crippen LogP contribution in [0.1, 0.15) is 11.1 Å². The second-order valence-corrected chi connectivity index (χ2v) is 7.23. The molecule has 0 saturated carbocycles. The Bertz CT molecular complexity index is 878. The molecule has 0 spiro atoms. The normalized spacial score (nSPS) is 16.8. The van der Waals surface area contributed by atoms with Crippen LogP contribution in [-0.2, 0) is 11.0 Å². The first-order valence-electron chi connectivity index (χ1n) is 6.96. The van der Waals surface area contributed by atoms with Gasteiger partial charge in [0.25, 0.3) is 5.91 Å². The first kappa shape index (κ1) is 18.0. The van der Waals surface area contributed by atoms with E-state index in [-0.39, 0.29) is 10.0 Å². The van der Waals surface area contributed by atoms with Gasteiger partial charge in [-0.3, -0.25) is 9.69 Å². The number of carbonyl (C=O) groups excluding carboxylic acids is 1. The summed E-state index contributed by atoms with van der Waals surface area (Å²) in [5.41, 5.74) is 0.00602. The maximum Gasteiger partial charge on any atom is 0.416 e. The Balaban J connectivity index is 1.93. The third-order valence-electron chi connectivity index (χ3n) is 3.39. The van der Waals surface area contributed by atoms with Gasteiger partial charge in [-0.05, 0) is 42.0 Å². The summed E-state index contributed by atoms with van der Waals surface area (Å²) in [4.78, 5) is 14.0. The lowest BCUT2D eigenvalue weighted by atomic mass is 10.1. The molecule has 1 aliphatic rings. The number of hydrogen-bond donors (Lipinski definition) is 0. The van der Waals surface area contributed by atoms with Gasteiger partial charge in [-0.15, -0.1) is 0 Å². The fourth-order valence-electron chi connectivity index (χ4n) is 2.22. The fourth-order valence-corrected chi connectivity index (χ4v) is 3.65. The largest absolute Gasteiger partial charge is 0.416 e. The lowest BCUT2D eigenvalue weighted by molar-refractivity contribution is -0.137. The van der Waals surface area contributed by atoms with Crippen molar-refractivity contribution in [1.82, 2.24) is 0 Å². The highest BCUT2D eigenvalue weighted by Crippen LogP contribution is 2.38. The van der Waals surface area contributed by atoms with E-state index in [0.717, 1.165) is 34.4 Å². The summed E-state index contributed by atoms with van der Waals surface area (Å²) in [5.74, 6) is -0.454. The van der Waals surface area contributed by atoms with E-state index in [9.17, 15) is 18.0 Å². The molecule has 2 aromatic rings. The molecular weight excluding hydrogens is 391 g/mol. The van der Waals surface area contributed by atoms with Crippen molar-refractivity contribution in [3.63, 3.8) is 0 Å². The monoisotopic (exact) mass is 399 g/mol. The molecule has 8 heteroatoms. The first-order valence-corrected chi connectivity index (χ1v) is 8.57. The topological polar surface area (TPSA) is 20.3 Å². The lowest BCUT2D eigenvalue weighted by Gasteiger charge is -2.16. The highest BCUT2D eigenvalue weighted by Gasteiger charge is 2.36. The number of benzene rings is 2. The molecule has 1 heterocycles. The van der Waals surface area contributed by atoms with Crippen molar-refractivity contribution in [2.75, 3.05) is 4.90 Å². The lowest BCUT2D eigenvalue weighted by Crippen LogP contribution is -2.27. The van der Waals surface area contributed by atoms with Gasteiger partial charge in [-0.2, -0.15) is 13.2 Å². The van der Waals surface area contributed by atoms with Crippen LogP contribution in [0.4, 0.5) is 18.9 Å². The van der Waals surface area contributed by atoms with Gasteiger partial charge in [0.1, 0.15) is 0 Å². The van der Waals surface area contributed by atoms with Crippen LogP contribution in [0, 0.1) is 0 Å². The van der Waals surface area contributed by atoms with Crippen LogP contribution in [0.2, 0.25) is 5.02 Å². The second kappa shape index (κ2) is 6.82. The van der Waals surface area contributed by atoms with Crippen molar-refractivity contribution in [1.29, 1.82) is 0 Å². The third kappa shape index (κ3) is 3.89. The number of thioether (sulfide) groups is 1. The molecule has 0 aromatic heterocycles. The number of hydrogen-bond acceptors (Lipinski definition) is 3. The predicted molar refractivity (Wildman–Crippen MR) is 98.5 cm³/mol. The zero-order valence-corrected chi connectivity index (χ0v) is 14.8. The van der Waals surface area contributed by atoms with Crippen LogP contribution >= 0.6 is 35.6 Å². The Kier molecular flexibility index (Phi) is 4.90. The zero-order valence-electron chi connectivity index (χ0n) is 12.4. The van der Waals surface area contributed by atoms with Crippen LogP contribution in [0.5, 0.6) is 0 Å². The molecule has 0 bridgehead atoms. The Labute approximate surface area is 156 Å². The van der Waals surface area contributed by atoms with E-state index in [2.05, 4.69) is 0 Å². The molecule has 1 saturated heterocycles. The average Bonchev–Trinajstić information content (AvgIpc) is 2.83. The van der Waals surface area contributed by atoms with Gasteiger partial charge in [-0.1, -0.05) is 53.8 Å². The van der Waals surface area contributed by atoms with E-state index in [1.165, 1.54) is 12.1 Å². The average molecular weight is 400 g/mol. The van der Waals surface area contributed by atoms with Gasteiger partial charge in [0, 0.05) is 5.02 Å². The van der Waals surface area contributed by atoms with E-state index in [0.29, 0.717) is 9.93 Å². The van der Waals surface area contributed by atoms with E-state index in [1.807, 2.05) is 0 Å². The van der Waals surface area contributed by atoms with Crippen molar-refractivity contribution < 1.29 is 18.0 Å². The molecule has 2 nitrogen and oxygen atoms in total. The van der Waals surface area contributed by atoms with Crippen LogP contribution in [0.25, 0.3) is 6.08 Å². The summed E-state index contributed by atoms with van der Waals surface area (Å²) >= 11 is 12.0. The standard InChI is InChI=1S/C17H9ClF3NOS2/c18-12-6-4-10(5-7-12)8-14-15(23)22(16(24)25-14)13-3-1-2-11(9-13)17(19,20)21/h1-9H/b14-8-. The maximum absolute atomic E-state index is 12.9. The van der Waals surface area contributed by atoms with Crippen LogP contribution in [0.3, 0.4) is 0 Å². The van der Waals surface area contributed by atoms with Crippen molar-refractivity contribution >= 4 is 57.6 Å². The summed E-state index contributed by atoms with van der Waals surface area (Å²) in [5, 5.41) is 0.564. The number of anilines is 1. The molecule has 0 N–H and O–H groups in total. The summed E-state index contributed by atoms with van der Waals surface area (Å²) in [6.45, 7) is 0. The molecule has 1 amide bonds. The van der Waals surface area contributed by atoms with E-state index in [1.54, 1.807) is 30.3 Å². The van der Waals surface area contributed by atoms with Crippen LogP contribution in [-0.4, -0.2) is 10.2 Å². The molecular formula is C17H9ClF3NOS2. The maximum atomic E-state index is 12.9. The van der Waals surface area contributed by atoms with Gasteiger partial charge in [0.2, 0.25) is 0 Å². The Morgan fingerprint density at radius 3 is 2.44 bits per heavy atom. The van der Waals surface area contributed by atoms with Crippen molar-refractivity contribution in [2.45, 2.75) is 6.18 Å². The molecule has 2 aromatic carbocycles. The molecule has 128 valence electrons. The van der Waals surface area contributed by atoms with Gasteiger partial charge in [0.05, 0.1) is 16.2 Å². The third-order valence-corrected chi connectivity index (χ3v) is 4.95. The Morgan fingerprint density at radius 2 is 1.80 bits per heavy atom. The Morgan fingerprint density at radius 1 is 1.12 bits per heavy atom. The number of nitrogens with zero attached hydrogens (tertiary/aromatic N) is 1. The van der Waals surface area contributed by atoms with Crippen LogP contribution < -0.4 is 4.90 Å². The molecule has 3 rings (SSSR count). The van der Waals surface area contributed by atoms with E-state index >= 15 is 0 Å². The molecule has 25 heavy (non-hydrogen) atoms. The van der Waals surface area contributed by atoms with Crippen molar-refractivity contribution in [3.8, 4) is 0 Å². The molecule has 0 atom stereocenters. The van der Waals surface area contributed by atoms with Crippen LogP contribution in [0.15, 0.2) is 53.4 Å².